The van der Waals surface area contributed by atoms with Gasteiger partial charge in [0.2, 0.25) is 0 Å². The minimum absolute atomic E-state index is 0.306. The summed E-state index contributed by atoms with van der Waals surface area (Å²) in [6.07, 6.45) is 4.24. The van der Waals surface area contributed by atoms with Gasteiger partial charge < -0.3 is 0 Å². The lowest BCUT2D eigenvalue weighted by Gasteiger charge is -2.29. The minimum Gasteiger partial charge on any atom is -0.293 e. The minimum atomic E-state index is -0.306. The number of rotatable bonds is 3. The third kappa shape index (κ3) is 2.42. The molecule has 2 aromatic rings. The SMILES string of the molecule is Cc1ccc(C)c(C(=O)C2(c3ccccc3)CCCC2)c1. The third-order valence-corrected chi connectivity index (χ3v) is 4.86. The highest BCUT2D eigenvalue weighted by molar-refractivity contribution is 6.05. The molecule has 1 fully saturated rings. The van der Waals surface area contributed by atoms with Gasteiger partial charge in [-0.15, -0.1) is 0 Å². The lowest BCUT2D eigenvalue weighted by atomic mass is 9.72. The fourth-order valence-corrected chi connectivity index (χ4v) is 3.62. The van der Waals surface area contributed by atoms with Gasteiger partial charge in [0.1, 0.15) is 0 Å². The normalized spacial score (nSPS) is 16.9. The van der Waals surface area contributed by atoms with E-state index in [1.807, 2.05) is 25.1 Å². The van der Waals surface area contributed by atoms with Crippen LogP contribution in [0.5, 0.6) is 0 Å². The first-order valence-electron chi connectivity index (χ1n) is 7.81. The molecule has 0 aromatic heterocycles. The maximum absolute atomic E-state index is 13.3. The zero-order valence-corrected chi connectivity index (χ0v) is 12.9. The molecule has 1 saturated carbocycles. The van der Waals surface area contributed by atoms with Crippen molar-refractivity contribution in [3.63, 3.8) is 0 Å². The Morgan fingerprint density at radius 2 is 1.62 bits per heavy atom. The number of benzene rings is 2. The monoisotopic (exact) mass is 278 g/mol. The van der Waals surface area contributed by atoms with E-state index < -0.39 is 0 Å². The van der Waals surface area contributed by atoms with E-state index in [0.29, 0.717) is 5.78 Å². The molecule has 0 radical (unpaired) electrons. The number of hydrogen-bond acceptors (Lipinski definition) is 1. The van der Waals surface area contributed by atoms with E-state index in [-0.39, 0.29) is 5.41 Å². The van der Waals surface area contributed by atoms with Crippen molar-refractivity contribution >= 4 is 5.78 Å². The number of aryl methyl sites for hydroxylation is 2. The van der Waals surface area contributed by atoms with Gasteiger partial charge in [0.05, 0.1) is 5.41 Å². The molecule has 0 spiro atoms. The van der Waals surface area contributed by atoms with Gasteiger partial charge in [0, 0.05) is 5.56 Å². The van der Waals surface area contributed by atoms with E-state index in [2.05, 4.69) is 37.3 Å². The Hall–Kier alpha value is -1.89. The third-order valence-electron chi connectivity index (χ3n) is 4.86. The summed E-state index contributed by atoms with van der Waals surface area (Å²) in [7, 11) is 0. The summed E-state index contributed by atoms with van der Waals surface area (Å²) >= 11 is 0. The maximum Gasteiger partial charge on any atom is 0.173 e. The molecule has 1 aliphatic carbocycles. The van der Waals surface area contributed by atoms with Crippen LogP contribution >= 0.6 is 0 Å². The van der Waals surface area contributed by atoms with Crippen molar-refractivity contribution < 1.29 is 4.79 Å². The second kappa shape index (κ2) is 5.48. The Bertz CT molecular complexity index is 649. The van der Waals surface area contributed by atoms with Crippen LogP contribution in [0, 0.1) is 13.8 Å². The number of carbonyl (C=O) groups is 1. The van der Waals surface area contributed by atoms with E-state index >= 15 is 0 Å². The van der Waals surface area contributed by atoms with Crippen LogP contribution in [-0.4, -0.2) is 5.78 Å². The molecule has 108 valence electrons. The lowest BCUT2D eigenvalue weighted by molar-refractivity contribution is 0.0885. The van der Waals surface area contributed by atoms with E-state index in [1.165, 1.54) is 5.56 Å². The molecule has 2 aromatic carbocycles. The molecule has 0 saturated heterocycles. The molecule has 0 N–H and O–H groups in total. The summed E-state index contributed by atoms with van der Waals surface area (Å²) in [6.45, 7) is 4.10. The first kappa shape index (κ1) is 14.1. The standard InChI is InChI=1S/C20H22O/c1-15-10-11-16(2)18(14-15)19(21)20(12-6-7-13-20)17-8-4-3-5-9-17/h3-5,8-11,14H,6-7,12-13H2,1-2H3. The second-order valence-electron chi connectivity index (χ2n) is 6.30. The van der Waals surface area contributed by atoms with E-state index in [0.717, 1.165) is 42.4 Å². The molecule has 0 unspecified atom stereocenters. The molecule has 0 aliphatic heterocycles. The van der Waals surface area contributed by atoms with Crippen LogP contribution in [-0.2, 0) is 5.41 Å². The molecule has 0 atom stereocenters. The highest BCUT2D eigenvalue weighted by Gasteiger charge is 2.43. The van der Waals surface area contributed by atoms with Crippen molar-refractivity contribution in [3.8, 4) is 0 Å². The molecular weight excluding hydrogens is 256 g/mol. The predicted molar refractivity (Wildman–Crippen MR) is 86.8 cm³/mol. The Kier molecular flexibility index (Phi) is 3.67. The van der Waals surface area contributed by atoms with Crippen LogP contribution in [0.1, 0.15) is 52.7 Å². The Labute approximate surface area is 127 Å². The van der Waals surface area contributed by atoms with Crippen molar-refractivity contribution in [2.45, 2.75) is 44.9 Å². The lowest BCUT2D eigenvalue weighted by Crippen LogP contribution is -2.33. The van der Waals surface area contributed by atoms with Gasteiger partial charge in [0.15, 0.2) is 5.78 Å². The summed E-state index contributed by atoms with van der Waals surface area (Å²) in [4.78, 5) is 13.3. The highest BCUT2D eigenvalue weighted by Crippen LogP contribution is 2.44. The summed E-state index contributed by atoms with van der Waals surface area (Å²) < 4.78 is 0. The molecule has 0 amide bonds. The smallest absolute Gasteiger partial charge is 0.173 e. The van der Waals surface area contributed by atoms with Crippen LogP contribution in [0.3, 0.4) is 0 Å². The van der Waals surface area contributed by atoms with Crippen LogP contribution in [0.2, 0.25) is 0 Å². The Balaban J connectivity index is 2.10. The summed E-state index contributed by atoms with van der Waals surface area (Å²) in [6, 6.07) is 16.6. The first-order chi connectivity index (χ1) is 10.1. The van der Waals surface area contributed by atoms with Crippen LogP contribution in [0.25, 0.3) is 0 Å². The average molecular weight is 278 g/mol. The van der Waals surface area contributed by atoms with Gasteiger partial charge in [-0.25, -0.2) is 0 Å². The fourth-order valence-electron chi connectivity index (χ4n) is 3.62. The van der Waals surface area contributed by atoms with Crippen molar-refractivity contribution in [1.82, 2.24) is 0 Å². The zero-order valence-electron chi connectivity index (χ0n) is 12.9. The van der Waals surface area contributed by atoms with Crippen LogP contribution in [0.15, 0.2) is 48.5 Å². The van der Waals surface area contributed by atoms with Crippen LogP contribution in [0.4, 0.5) is 0 Å². The highest BCUT2D eigenvalue weighted by atomic mass is 16.1. The van der Waals surface area contributed by atoms with E-state index in [9.17, 15) is 4.79 Å². The predicted octanol–water partition coefficient (Wildman–Crippen LogP) is 5.00. The van der Waals surface area contributed by atoms with Gasteiger partial charge in [-0.3, -0.25) is 4.79 Å². The fraction of sp³-hybridized carbons (Fsp3) is 0.350. The molecule has 3 rings (SSSR count). The number of Topliss-reactive ketones (excluding diaryl/α,β-unsaturated/α-hetero) is 1. The van der Waals surface area contributed by atoms with Gasteiger partial charge in [-0.05, 0) is 43.9 Å². The number of ketones is 1. The quantitative estimate of drug-likeness (QED) is 0.722. The number of hydrogen-bond donors (Lipinski definition) is 0. The first-order valence-corrected chi connectivity index (χ1v) is 7.81. The molecule has 1 aliphatic rings. The van der Waals surface area contributed by atoms with Gasteiger partial charge in [-0.1, -0.05) is 60.9 Å². The Morgan fingerprint density at radius 3 is 2.29 bits per heavy atom. The van der Waals surface area contributed by atoms with Crippen molar-refractivity contribution in [2.75, 3.05) is 0 Å². The Morgan fingerprint density at radius 1 is 0.952 bits per heavy atom. The van der Waals surface area contributed by atoms with Crippen molar-refractivity contribution in [3.05, 3.63) is 70.8 Å². The molecule has 0 heterocycles. The molecule has 1 heteroatoms. The molecule has 1 nitrogen and oxygen atoms in total. The molecule has 21 heavy (non-hydrogen) atoms. The second-order valence-corrected chi connectivity index (χ2v) is 6.30. The molecule has 0 bridgehead atoms. The summed E-state index contributed by atoms with van der Waals surface area (Å²) in [5.74, 6) is 0.312. The van der Waals surface area contributed by atoms with Gasteiger partial charge in [-0.2, -0.15) is 0 Å². The summed E-state index contributed by atoms with van der Waals surface area (Å²) in [5.41, 5.74) is 4.03. The van der Waals surface area contributed by atoms with Crippen LogP contribution < -0.4 is 0 Å². The average Bonchev–Trinajstić information content (AvgIpc) is 3.01. The van der Waals surface area contributed by atoms with Gasteiger partial charge in [0.25, 0.3) is 0 Å². The van der Waals surface area contributed by atoms with E-state index in [4.69, 9.17) is 0 Å². The zero-order chi connectivity index (χ0) is 14.9. The van der Waals surface area contributed by atoms with E-state index in [1.54, 1.807) is 0 Å². The number of carbonyl (C=O) groups excluding carboxylic acids is 1. The van der Waals surface area contributed by atoms with Gasteiger partial charge >= 0.3 is 0 Å². The summed E-state index contributed by atoms with van der Waals surface area (Å²) in [5, 5.41) is 0. The van der Waals surface area contributed by atoms with Crippen molar-refractivity contribution in [1.29, 1.82) is 0 Å². The largest absolute Gasteiger partial charge is 0.293 e. The maximum atomic E-state index is 13.3. The molecular formula is C20H22O. The van der Waals surface area contributed by atoms with Crippen molar-refractivity contribution in [2.24, 2.45) is 0 Å². The topological polar surface area (TPSA) is 17.1 Å².